The van der Waals surface area contributed by atoms with Gasteiger partial charge in [0.2, 0.25) is 0 Å². The molecule has 1 N–H and O–H groups in total. The Bertz CT molecular complexity index is 691. The summed E-state index contributed by atoms with van der Waals surface area (Å²) >= 11 is 5.58. The number of rotatable bonds is 2. The molecule has 4 atom stereocenters. The van der Waals surface area contributed by atoms with Crippen LogP contribution in [0.4, 0.5) is 22.0 Å². The molecule has 0 aromatic heterocycles. The van der Waals surface area contributed by atoms with Crippen LogP contribution in [0.5, 0.6) is 0 Å². The maximum atomic E-state index is 13.9. The lowest BCUT2D eigenvalue weighted by Gasteiger charge is -2.32. The second-order valence-corrected chi connectivity index (χ2v) is 6.40. The molecular formula is C15H14ClF5O3. The Balaban J connectivity index is 2.66. The summed E-state index contributed by atoms with van der Waals surface area (Å²) in [6, 6.07) is 0.956. The monoisotopic (exact) mass is 372 g/mol. The molecule has 1 aromatic carbocycles. The van der Waals surface area contributed by atoms with E-state index in [1.807, 2.05) is 0 Å². The van der Waals surface area contributed by atoms with Crippen molar-refractivity contribution in [1.29, 1.82) is 0 Å². The van der Waals surface area contributed by atoms with Gasteiger partial charge in [0.05, 0.1) is 5.02 Å². The van der Waals surface area contributed by atoms with Crippen LogP contribution in [-0.4, -0.2) is 29.0 Å². The zero-order valence-corrected chi connectivity index (χ0v) is 13.6. The first-order valence-electron chi connectivity index (χ1n) is 6.94. The largest absolute Gasteiger partial charge is 0.479 e. The van der Waals surface area contributed by atoms with E-state index in [-0.39, 0.29) is 11.1 Å². The number of ether oxygens (including phenoxy) is 1. The van der Waals surface area contributed by atoms with Crippen LogP contribution in [-0.2, 0) is 9.53 Å². The first-order valence-corrected chi connectivity index (χ1v) is 7.32. The van der Waals surface area contributed by atoms with Gasteiger partial charge in [0.1, 0.15) is 0 Å². The molecule has 24 heavy (non-hydrogen) atoms. The van der Waals surface area contributed by atoms with E-state index in [1.54, 1.807) is 0 Å². The Labute approximate surface area is 139 Å². The van der Waals surface area contributed by atoms with Gasteiger partial charge in [0.25, 0.3) is 0 Å². The second kappa shape index (κ2) is 5.84. The van der Waals surface area contributed by atoms with Crippen molar-refractivity contribution in [2.24, 2.45) is 5.92 Å². The van der Waals surface area contributed by atoms with Crippen molar-refractivity contribution in [3.8, 4) is 0 Å². The minimum absolute atomic E-state index is 0.119. The molecule has 1 saturated heterocycles. The smallest absolute Gasteiger partial charge is 0.417 e. The van der Waals surface area contributed by atoms with Gasteiger partial charge in [-0.1, -0.05) is 18.5 Å². The molecule has 0 unspecified atom stereocenters. The van der Waals surface area contributed by atoms with Crippen LogP contribution in [0.3, 0.4) is 0 Å². The fraction of sp³-hybridized carbons (Fsp3) is 0.533. The first kappa shape index (κ1) is 18.9. The van der Waals surface area contributed by atoms with Crippen molar-refractivity contribution in [3.05, 3.63) is 33.9 Å². The molecule has 3 nitrogen and oxygen atoms in total. The number of carbonyl (C=O) groups is 1. The molecule has 0 aliphatic carbocycles. The summed E-state index contributed by atoms with van der Waals surface area (Å²) in [5.74, 6) is -7.00. The SMILES string of the molecule is Cc1c([C@H]2[C@H](C(=O)O)O[C@@](C)(C(F)(F)F)[C@H]2C)cc(Cl)c(F)c1F. The Morgan fingerprint density at radius 2 is 1.88 bits per heavy atom. The Morgan fingerprint density at radius 3 is 2.33 bits per heavy atom. The van der Waals surface area contributed by atoms with Crippen LogP contribution in [0.1, 0.15) is 30.9 Å². The van der Waals surface area contributed by atoms with Crippen molar-refractivity contribution in [3.63, 3.8) is 0 Å². The lowest BCUT2D eigenvalue weighted by molar-refractivity contribution is -0.273. The predicted octanol–water partition coefficient (Wildman–Crippen LogP) is 4.45. The van der Waals surface area contributed by atoms with Gasteiger partial charge >= 0.3 is 12.1 Å². The van der Waals surface area contributed by atoms with Gasteiger partial charge in [-0.25, -0.2) is 13.6 Å². The molecule has 0 spiro atoms. The highest BCUT2D eigenvalue weighted by atomic mass is 35.5. The van der Waals surface area contributed by atoms with Gasteiger partial charge in [-0.15, -0.1) is 0 Å². The van der Waals surface area contributed by atoms with E-state index >= 15 is 0 Å². The van der Waals surface area contributed by atoms with Crippen LogP contribution < -0.4 is 0 Å². The van der Waals surface area contributed by atoms with Gasteiger partial charge < -0.3 is 9.84 Å². The van der Waals surface area contributed by atoms with Gasteiger partial charge in [-0.2, -0.15) is 13.2 Å². The van der Waals surface area contributed by atoms with Crippen molar-refractivity contribution in [1.82, 2.24) is 0 Å². The summed E-state index contributed by atoms with van der Waals surface area (Å²) in [7, 11) is 0. The predicted molar refractivity (Wildman–Crippen MR) is 75.0 cm³/mol. The minimum atomic E-state index is -4.84. The van der Waals surface area contributed by atoms with Gasteiger partial charge in [-0.05, 0) is 31.0 Å². The average Bonchev–Trinajstić information content (AvgIpc) is 2.74. The van der Waals surface area contributed by atoms with E-state index < -0.39 is 52.3 Å². The van der Waals surface area contributed by atoms with Crippen LogP contribution in [0, 0.1) is 24.5 Å². The molecular weight excluding hydrogens is 359 g/mol. The third kappa shape index (κ3) is 2.65. The number of hydrogen-bond donors (Lipinski definition) is 1. The maximum absolute atomic E-state index is 13.9. The molecule has 0 saturated carbocycles. The molecule has 0 bridgehead atoms. The van der Waals surface area contributed by atoms with Crippen molar-refractivity contribution in [2.75, 3.05) is 0 Å². The van der Waals surface area contributed by atoms with Crippen molar-refractivity contribution >= 4 is 17.6 Å². The fourth-order valence-electron chi connectivity index (χ4n) is 3.06. The number of alkyl halides is 3. The molecule has 1 aliphatic heterocycles. The lowest BCUT2D eigenvalue weighted by atomic mass is 9.76. The highest BCUT2D eigenvalue weighted by molar-refractivity contribution is 6.30. The van der Waals surface area contributed by atoms with Gasteiger partial charge in [0, 0.05) is 11.8 Å². The number of benzene rings is 1. The zero-order valence-electron chi connectivity index (χ0n) is 12.8. The number of carboxylic acids is 1. The highest BCUT2D eigenvalue weighted by Crippen LogP contribution is 2.54. The molecule has 134 valence electrons. The topological polar surface area (TPSA) is 46.5 Å². The van der Waals surface area contributed by atoms with Gasteiger partial charge in [-0.3, -0.25) is 0 Å². The van der Waals surface area contributed by atoms with Crippen LogP contribution in [0.25, 0.3) is 0 Å². The van der Waals surface area contributed by atoms with E-state index in [9.17, 15) is 31.9 Å². The number of carboxylic acid groups (broad SMARTS) is 1. The summed E-state index contributed by atoms with van der Waals surface area (Å²) < 4.78 is 72.4. The van der Waals surface area contributed by atoms with E-state index in [4.69, 9.17) is 16.3 Å². The minimum Gasteiger partial charge on any atom is -0.479 e. The van der Waals surface area contributed by atoms with Crippen LogP contribution in [0.15, 0.2) is 6.07 Å². The van der Waals surface area contributed by atoms with Crippen molar-refractivity contribution < 1.29 is 36.6 Å². The molecule has 0 radical (unpaired) electrons. The third-order valence-electron chi connectivity index (χ3n) is 4.72. The van der Waals surface area contributed by atoms with E-state index in [0.717, 1.165) is 26.8 Å². The van der Waals surface area contributed by atoms with E-state index in [0.29, 0.717) is 0 Å². The summed E-state index contributed by atoms with van der Waals surface area (Å²) in [5, 5.41) is 8.62. The lowest BCUT2D eigenvalue weighted by Crippen LogP contribution is -2.47. The highest BCUT2D eigenvalue weighted by Gasteiger charge is 2.65. The summed E-state index contributed by atoms with van der Waals surface area (Å²) in [4.78, 5) is 11.4. The fourth-order valence-corrected chi connectivity index (χ4v) is 3.26. The molecule has 1 aliphatic rings. The van der Waals surface area contributed by atoms with E-state index in [1.165, 1.54) is 0 Å². The standard InChI is InChI=1S/C15H14ClF5O3/c1-5-7(4-8(16)11(18)10(5)17)9-6(2)14(3,15(19,20)21)24-12(9)13(22)23/h4,6,9,12H,1-3H3,(H,22,23)/t6-,9-,12+,14+/m0/s1. The quantitative estimate of drug-likeness (QED) is 0.616. The number of hydrogen-bond acceptors (Lipinski definition) is 2. The summed E-state index contributed by atoms with van der Waals surface area (Å²) in [5.41, 5.74) is -3.16. The molecule has 9 heteroatoms. The third-order valence-corrected chi connectivity index (χ3v) is 4.99. The number of halogens is 6. The normalized spacial score (nSPS) is 30.6. The second-order valence-electron chi connectivity index (χ2n) is 6.00. The zero-order chi connectivity index (χ0) is 18.6. The molecule has 1 fully saturated rings. The molecule has 1 aromatic rings. The molecule has 2 rings (SSSR count). The average molecular weight is 373 g/mol. The molecule has 1 heterocycles. The Kier molecular flexibility index (Phi) is 4.60. The van der Waals surface area contributed by atoms with Crippen LogP contribution in [0.2, 0.25) is 5.02 Å². The number of aliphatic carboxylic acids is 1. The maximum Gasteiger partial charge on any atom is 0.417 e. The van der Waals surface area contributed by atoms with Crippen molar-refractivity contribution in [2.45, 2.75) is 44.6 Å². The van der Waals surface area contributed by atoms with E-state index in [2.05, 4.69) is 0 Å². The van der Waals surface area contributed by atoms with Crippen LogP contribution >= 0.6 is 11.6 Å². The Morgan fingerprint density at radius 1 is 1.33 bits per heavy atom. The summed E-state index contributed by atoms with van der Waals surface area (Å²) in [6.45, 7) is 3.05. The summed E-state index contributed by atoms with van der Waals surface area (Å²) in [6.07, 6.45) is -6.71. The molecule has 0 amide bonds. The Hall–Kier alpha value is -1.41. The van der Waals surface area contributed by atoms with Gasteiger partial charge in [0.15, 0.2) is 23.3 Å². The first-order chi connectivity index (χ1) is 10.8.